The molecule has 3 heterocycles. The quantitative estimate of drug-likeness (QED) is 0.441. The van der Waals surface area contributed by atoms with Crippen molar-refractivity contribution in [3.05, 3.63) is 40.8 Å². The second-order valence-electron chi connectivity index (χ2n) is 10.5. The second-order valence-corrected chi connectivity index (χ2v) is 11.6. The van der Waals surface area contributed by atoms with E-state index in [1.54, 1.807) is 24.6 Å². The average Bonchev–Trinajstić information content (AvgIpc) is 3.31. The maximum atomic E-state index is 13.2. The first-order valence-electron chi connectivity index (χ1n) is 11.5. The molecular weight excluding hydrogens is 468 g/mol. The van der Waals surface area contributed by atoms with Gasteiger partial charge in [-0.2, -0.15) is 5.10 Å². The van der Waals surface area contributed by atoms with Crippen LogP contribution in [0.4, 0.5) is 15.3 Å². The summed E-state index contributed by atoms with van der Waals surface area (Å²) in [6.07, 6.45) is 2.75. The van der Waals surface area contributed by atoms with Gasteiger partial charge >= 0.3 is 12.2 Å². The number of hydrogen-bond donors (Lipinski definition) is 1. The van der Waals surface area contributed by atoms with Gasteiger partial charge in [-0.25, -0.2) is 9.59 Å². The highest BCUT2D eigenvalue weighted by molar-refractivity contribution is 7.19. The van der Waals surface area contributed by atoms with E-state index in [9.17, 15) is 9.59 Å². The SMILES string of the molecule is Cc1c(CC(C)NC(=O)OC(C)(C)C)sc2c(N(Cc3ccco3)C(=O)OC(C)(C)C)cnnc12. The number of furan rings is 1. The van der Waals surface area contributed by atoms with Gasteiger partial charge in [0.25, 0.3) is 0 Å². The van der Waals surface area contributed by atoms with Crippen LogP contribution in [-0.4, -0.2) is 39.6 Å². The minimum absolute atomic E-state index is 0.168. The molecule has 3 aromatic rings. The molecule has 2 amide bonds. The topological polar surface area (TPSA) is 107 Å². The number of ether oxygens (including phenoxy) is 2. The zero-order valence-electron chi connectivity index (χ0n) is 21.6. The largest absolute Gasteiger partial charge is 0.467 e. The van der Waals surface area contributed by atoms with Crippen molar-refractivity contribution >= 4 is 39.4 Å². The minimum Gasteiger partial charge on any atom is -0.467 e. The number of rotatable bonds is 6. The summed E-state index contributed by atoms with van der Waals surface area (Å²) in [5.74, 6) is 0.615. The van der Waals surface area contributed by atoms with Crippen LogP contribution in [0.1, 0.15) is 64.7 Å². The third-order valence-electron chi connectivity index (χ3n) is 4.84. The number of anilines is 1. The van der Waals surface area contributed by atoms with E-state index in [4.69, 9.17) is 13.9 Å². The summed E-state index contributed by atoms with van der Waals surface area (Å²) in [5.41, 5.74) is 1.02. The predicted octanol–water partition coefficient (Wildman–Crippen LogP) is 5.99. The number of carbonyl (C=O) groups is 2. The van der Waals surface area contributed by atoms with Crippen LogP contribution >= 0.6 is 11.3 Å². The number of fused-ring (bicyclic) bond motifs is 1. The van der Waals surface area contributed by atoms with E-state index in [0.29, 0.717) is 23.4 Å². The van der Waals surface area contributed by atoms with E-state index < -0.39 is 23.4 Å². The first-order valence-corrected chi connectivity index (χ1v) is 12.3. The second kappa shape index (κ2) is 10.2. The fraction of sp³-hybridized carbons (Fsp3) is 0.520. The molecule has 0 bridgehead atoms. The number of hydrogen-bond acceptors (Lipinski definition) is 8. The van der Waals surface area contributed by atoms with Gasteiger partial charge < -0.3 is 19.2 Å². The lowest BCUT2D eigenvalue weighted by atomic mass is 10.1. The number of aromatic nitrogens is 2. The highest BCUT2D eigenvalue weighted by Crippen LogP contribution is 2.37. The van der Waals surface area contributed by atoms with Crippen molar-refractivity contribution in [2.75, 3.05) is 4.90 Å². The van der Waals surface area contributed by atoms with E-state index in [-0.39, 0.29) is 12.6 Å². The van der Waals surface area contributed by atoms with Gasteiger partial charge in [0, 0.05) is 17.3 Å². The average molecular weight is 503 g/mol. The van der Waals surface area contributed by atoms with Crippen molar-refractivity contribution < 1.29 is 23.5 Å². The summed E-state index contributed by atoms with van der Waals surface area (Å²) in [6, 6.07) is 3.41. The fourth-order valence-corrected chi connectivity index (χ4v) is 4.78. The maximum Gasteiger partial charge on any atom is 0.415 e. The molecule has 0 saturated heterocycles. The smallest absolute Gasteiger partial charge is 0.415 e. The molecule has 0 aromatic carbocycles. The van der Waals surface area contributed by atoms with Crippen molar-refractivity contribution in [2.45, 2.75) is 85.6 Å². The number of nitrogens with zero attached hydrogens (tertiary/aromatic N) is 3. The van der Waals surface area contributed by atoms with Crippen LogP contribution in [0, 0.1) is 6.92 Å². The van der Waals surface area contributed by atoms with Gasteiger partial charge in [-0.15, -0.1) is 16.4 Å². The third kappa shape index (κ3) is 7.17. The molecule has 190 valence electrons. The summed E-state index contributed by atoms with van der Waals surface area (Å²) in [4.78, 5) is 27.9. The van der Waals surface area contributed by atoms with E-state index in [0.717, 1.165) is 15.1 Å². The number of alkyl carbamates (subject to hydrolysis) is 1. The van der Waals surface area contributed by atoms with Crippen LogP contribution in [0.2, 0.25) is 0 Å². The first kappa shape index (κ1) is 26.5. The van der Waals surface area contributed by atoms with Gasteiger partial charge in [0.1, 0.15) is 22.5 Å². The highest BCUT2D eigenvalue weighted by Gasteiger charge is 2.28. The third-order valence-corrected chi connectivity index (χ3v) is 6.16. The Bertz CT molecular complexity index is 1180. The van der Waals surface area contributed by atoms with Crippen LogP contribution in [0.15, 0.2) is 29.0 Å². The summed E-state index contributed by atoms with van der Waals surface area (Å²) in [5, 5.41) is 11.4. The number of aryl methyl sites for hydroxylation is 1. The molecule has 0 aliphatic carbocycles. The molecule has 0 spiro atoms. The Morgan fingerprint density at radius 1 is 1.17 bits per heavy atom. The zero-order chi connectivity index (χ0) is 26.0. The Labute approximate surface area is 209 Å². The maximum absolute atomic E-state index is 13.2. The predicted molar refractivity (Wildman–Crippen MR) is 136 cm³/mol. The number of nitrogens with one attached hydrogen (secondary N) is 1. The molecule has 1 N–H and O–H groups in total. The fourth-order valence-electron chi connectivity index (χ4n) is 3.39. The first-order chi connectivity index (χ1) is 16.2. The van der Waals surface area contributed by atoms with Crippen LogP contribution in [-0.2, 0) is 22.4 Å². The standard InChI is InChI=1S/C25H34N4O5S/c1-15(27-22(30)33-24(3,4)5)12-19-16(2)20-21(35-19)18(13-26-28-20)29(14-17-10-9-11-32-17)23(31)34-25(6,7)8/h9-11,13,15H,12,14H2,1-8H3,(H,27,30). The molecule has 0 aliphatic heterocycles. The summed E-state index contributed by atoms with van der Waals surface area (Å²) < 4.78 is 17.4. The van der Waals surface area contributed by atoms with Crippen molar-refractivity contribution in [1.29, 1.82) is 0 Å². The van der Waals surface area contributed by atoms with E-state index in [1.807, 2.05) is 55.4 Å². The van der Waals surface area contributed by atoms with Crippen LogP contribution < -0.4 is 10.2 Å². The van der Waals surface area contributed by atoms with Gasteiger partial charge in [-0.05, 0) is 73.1 Å². The molecule has 0 fully saturated rings. The minimum atomic E-state index is -0.669. The van der Waals surface area contributed by atoms with E-state index in [2.05, 4.69) is 15.5 Å². The molecular formula is C25H34N4O5S. The summed E-state index contributed by atoms with van der Waals surface area (Å²) in [6.45, 7) is 15.0. The van der Waals surface area contributed by atoms with Gasteiger partial charge in [0.15, 0.2) is 0 Å². The van der Waals surface area contributed by atoms with E-state index >= 15 is 0 Å². The number of amides is 2. The normalized spacial score (nSPS) is 12.9. The zero-order valence-corrected chi connectivity index (χ0v) is 22.4. The molecule has 35 heavy (non-hydrogen) atoms. The Hall–Kier alpha value is -3.14. The van der Waals surface area contributed by atoms with Crippen molar-refractivity contribution in [3.63, 3.8) is 0 Å². The lowest BCUT2D eigenvalue weighted by Crippen LogP contribution is -2.38. The van der Waals surface area contributed by atoms with Crippen LogP contribution in [0.25, 0.3) is 10.2 Å². The lowest BCUT2D eigenvalue weighted by Gasteiger charge is -2.27. The Morgan fingerprint density at radius 3 is 2.46 bits per heavy atom. The van der Waals surface area contributed by atoms with Crippen molar-refractivity contribution in [3.8, 4) is 0 Å². The van der Waals surface area contributed by atoms with Gasteiger partial charge in [-0.3, -0.25) is 4.90 Å². The Balaban J connectivity index is 1.92. The van der Waals surface area contributed by atoms with E-state index in [1.165, 1.54) is 16.2 Å². The van der Waals surface area contributed by atoms with Crippen molar-refractivity contribution in [2.24, 2.45) is 0 Å². The molecule has 0 saturated carbocycles. The summed E-state index contributed by atoms with van der Waals surface area (Å²) in [7, 11) is 0. The monoisotopic (exact) mass is 502 g/mol. The number of carbonyl (C=O) groups excluding carboxylic acids is 2. The van der Waals surface area contributed by atoms with Crippen LogP contribution in [0.5, 0.6) is 0 Å². The molecule has 0 aliphatic rings. The lowest BCUT2D eigenvalue weighted by molar-refractivity contribution is 0.0507. The molecule has 1 atom stereocenters. The number of thiophene rings is 1. The highest BCUT2D eigenvalue weighted by atomic mass is 32.1. The van der Waals surface area contributed by atoms with Crippen LogP contribution in [0.3, 0.4) is 0 Å². The van der Waals surface area contributed by atoms with Gasteiger partial charge in [0.05, 0.1) is 29.4 Å². The molecule has 0 radical (unpaired) electrons. The Morgan fingerprint density at radius 2 is 1.86 bits per heavy atom. The summed E-state index contributed by atoms with van der Waals surface area (Å²) >= 11 is 1.52. The molecule has 3 rings (SSSR count). The van der Waals surface area contributed by atoms with Gasteiger partial charge in [0.2, 0.25) is 0 Å². The molecule has 3 aromatic heterocycles. The molecule has 1 unspecified atom stereocenters. The molecule has 9 nitrogen and oxygen atoms in total. The Kier molecular flexibility index (Phi) is 7.74. The van der Waals surface area contributed by atoms with Crippen molar-refractivity contribution in [1.82, 2.24) is 15.5 Å². The molecule has 10 heteroatoms. The van der Waals surface area contributed by atoms with Gasteiger partial charge in [-0.1, -0.05) is 0 Å².